The average Bonchev–Trinajstić information content (AvgIpc) is 3.11. The number of rotatable bonds is 4. The Labute approximate surface area is 150 Å². The second kappa shape index (κ2) is 6.76. The summed E-state index contributed by atoms with van der Waals surface area (Å²) >= 11 is 0. The van der Waals surface area contributed by atoms with Crippen LogP contribution >= 0.6 is 0 Å². The number of benzene rings is 2. The molecule has 6 heteroatoms. The van der Waals surface area contributed by atoms with Crippen LogP contribution in [0.15, 0.2) is 73.1 Å². The lowest BCUT2D eigenvalue weighted by molar-refractivity contribution is 0.0927. The molecule has 2 aromatic heterocycles. The van der Waals surface area contributed by atoms with Gasteiger partial charge in [-0.15, -0.1) is 5.10 Å². The number of hydrogen-bond acceptors (Lipinski definition) is 4. The van der Waals surface area contributed by atoms with E-state index in [0.717, 1.165) is 22.2 Å². The molecule has 0 spiro atoms. The molecule has 6 nitrogen and oxygen atoms in total. The molecule has 4 aromatic rings. The van der Waals surface area contributed by atoms with Gasteiger partial charge in [-0.3, -0.25) is 9.78 Å². The van der Waals surface area contributed by atoms with E-state index in [2.05, 4.69) is 20.6 Å². The summed E-state index contributed by atoms with van der Waals surface area (Å²) in [4.78, 5) is 17.0. The second-order valence-corrected chi connectivity index (χ2v) is 6.05. The Kier molecular flexibility index (Phi) is 4.15. The van der Waals surface area contributed by atoms with Crippen molar-refractivity contribution < 1.29 is 4.79 Å². The minimum atomic E-state index is -0.509. The van der Waals surface area contributed by atoms with Crippen molar-refractivity contribution in [2.24, 2.45) is 0 Å². The molecule has 26 heavy (non-hydrogen) atoms. The molecule has 0 unspecified atom stereocenters. The van der Waals surface area contributed by atoms with Crippen LogP contribution < -0.4 is 5.32 Å². The lowest BCUT2D eigenvalue weighted by Crippen LogP contribution is -2.34. The van der Waals surface area contributed by atoms with Gasteiger partial charge in [0.05, 0.1) is 5.52 Å². The van der Waals surface area contributed by atoms with Crippen molar-refractivity contribution in [1.82, 2.24) is 25.3 Å². The fraction of sp³-hybridized carbons (Fsp3) is 0.100. The zero-order chi connectivity index (χ0) is 17.9. The van der Waals surface area contributed by atoms with E-state index in [4.69, 9.17) is 0 Å². The van der Waals surface area contributed by atoms with Crippen molar-refractivity contribution in [2.75, 3.05) is 0 Å². The molecule has 1 N–H and O–H groups in total. The summed E-state index contributed by atoms with van der Waals surface area (Å²) in [5.74, 6) is -0.182. The molecule has 128 valence electrons. The SMILES string of the molecule is Cc1ccc(C(=O)N[C@@H](c2cccnc2)n2nnc3ccccc32)cc1. The Balaban J connectivity index is 1.74. The summed E-state index contributed by atoms with van der Waals surface area (Å²) in [6.45, 7) is 1.99. The predicted octanol–water partition coefficient (Wildman–Crippen LogP) is 3.11. The minimum Gasteiger partial charge on any atom is -0.326 e. The number of fused-ring (bicyclic) bond motifs is 1. The largest absolute Gasteiger partial charge is 0.326 e. The van der Waals surface area contributed by atoms with Crippen LogP contribution in [0.5, 0.6) is 0 Å². The average molecular weight is 343 g/mol. The third-order valence-electron chi connectivity index (χ3n) is 4.20. The number of amides is 1. The van der Waals surface area contributed by atoms with E-state index in [1.807, 2.05) is 67.6 Å². The first kappa shape index (κ1) is 16.0. The van der Waals surface area contributed by atoms with E-state index >= 15 is 0 Å². The smallest absolute Gasteiger partial charge is 0.253 e. The first-order valence-corrected chi connectivity index (χ1v) is 8.30. The molecule has 4 rings (SSSR count). The highest BCUT2D eigenvalue weighted by Crippen LogP contribution is 2.20. The molecule has 0 fully saturated rings. The number of para-hydroxylation sites is 1. The topological polar surface area (TPSA) is 72.7 Å². The van der Waals surface area contributed by atoms with Crippen LogP contribution in [0.25, 0.3) is 11.0 Å². The first-order chi connectivity index (χ1) is 12.7. The Bertz CT molecular complexity index is 1040. The molecular weight excluding hydrogens is 326 g/mol. The van der Waals surface area contributed by atoms with E-state index in [9.17, 15) is 4.79 Å². The summed E-state index contributed by atoms with van der Waals surface area (Å²) in [6, 6.07) is 18.8. The molecule has 0 aliphatic heterocycles. The fourth-order valence-corrected chi connectivity index (χ4v) is 2.81. The van der Waals surface area contributed by atoms with E-state index in [1.54, 1.807) is 17.1 Å². The van der Waals surface area contributed by atoms with Crippen molar-refractivity contribution in [3.63, 3.8) is 0 Å². The highest BCUT2D eigenvalue weighted by atomic mass is 16.1. The molecule has 0 saturated carbocycles. The second-order valence-electron chi connectivity index (χ2n) is 6.05. The third kappa shape index (κ3) is 3.04. The Hall–Kier alpha value is -3.54. The summed E-state index contributed by atoms with van der Waals surface area (Å²) in [5, 5.41) is 11.5. The van der Waals surface area contributed by atoms with Gasteiger partial charge in [-0.2, -0.15) is 0 Å². The Morgan fingerprint density at radius 1 is 1.04 bits per heavy atom. The number of carbonyl (C=O) groups excluding carboxylic acids is 1. The molecule has 2 aromatic carbocycles. The molecule has 0 saturated heterocycles. The van der Waals surface area contributed by atoms with Crippen molar-refractivity contribution >= 4 is 16.9 Å². The molecule has 0 aliphatic carbocycles. The van der Waals surface area contributed by atoms with Gasteiger partial charge in [-0.25, -0.2) is 4.68 Å². The van der Waals surface area contributed by atoms with Gasteiger partial charge >= 0.3 is 0 Å². The zero-order valence-corrected chi connectivity index (χ0v) is 14.2. The standard InChI is InChI=1S/C20H17N5O/c1-14-8-10-15(11-9-14)20(26)22-19(16-5-4-12-21-13-16)25-18-7-3-2-6-17(18)23-24-25/h2-13,19H,1H3,(H,22,26)/t19-/m1/s1. The number of carbonyl (C=O) groups is 1. The van der Waals surface area contributed by atoms with Crippen LogP contribution in [0.4, 0.5) is 0 Å². The van der Waals surface area contributed by atoms with E-state index in [0.29, 0.717) is 5.56 Å². The van der Waals surface area contributed by atoms with Crippen LogP contribution in [0.2, 0.25) is 0 Å². The van der Waals surface area contributed by atoms with Crippen molar-refractivity contribution in [3.8, 4) is 0 Å². The maximum absolute atomic E-state index is 12.8. The van der Waals surface area contributed by atoms with Gasteiger partial charge in [-0.1, -0.05) is 41.1 Å². The minimum absolute atomic E-state index is 0.182. The van der Waals surface area contributed by atoms with Gasteiger partial charge in [0, 0.05) is 23.5 Å². The molecule has 0 radical (unpaired) electrons. The monoisotopic (exact) mass is 343 g/mol. The number of nitrogens with zero attached hydrogens (tertiary/aromatic N) is 4. The summed E-state index contributed by atoms with van der Waals surface area (Å²) in [7, 11) is 0. The van der Waals surface area contributed by atoms with Gasteiger partial charge in [0.2, 0.25) is 0 Å². The van der Waals surface area contributed by atoms with E-state index in [-0.39, 0.29) is 5.91 Å². The zero-order valence-electron chi connectivity index (χ0n) is 14.2. The number of hydrogen-bond donors (Lipinski definition) is 1. The van der Waals surface area contributed by atoms with E-state index < -0.39 is 6.17 Å². The van der Waals surface area contributed by atoms with Crippen LogP contribution in [0.1, 0.15) is 27.7 Å². The summed E-state index contributed by atoms with van der Waals surface area (Å²) < 4.78 is 1.71. The van der Waals surface area contributed by atoms with Crippen molar-refractivity contribution in [2.45, 2.75) is 13.1 Å². The van der Waals surface area contributed by atoms with E-state index in [1.165, 1.54) is 0 Å². The first-order valence-electron chi connectivity index (χ1n) is 8.30. The van der Waals surface area contributed by atoms with Crippen LogP contribution in [-0.2, 0) is 0 Å². The normalized spacial score (nSPS) is 12.0. The molecule has 2 heterocycles. The quantitative estimate of drug-likeness (QED) is 0.618. The number of nitrogens with one attached hydrogen (secondary N) is 1. The fourth-order valence-electron chi connectivity index (χ4n) is 2.81. The Morgan fingerprint density at radius 3 is 2.62 bits per heavy atom. The highest BCUT2D eigenvalue weighted by molar-refractivity contribution is 5.94. The van der Waals surface area contributed by atoms with Gasteiger partial charge in [0.1, 0.15) is 5.52 Å². The van der Waals surface area contributed by atoms with Gasteiger partial charge < -0.3 is 5.32 Å². The van der Waals surface area contributed by atoms with Crippen molar-refractivity contribution in [3.05, 3.63) is 89.7 Å². The summed E-state index contributed by atoms with van der Waals surface area (Å²) in [5.41, 5.74) is 4.13. The molecule has 1 amide bonds. The number of aryl methyl sites for hydroxylation is 1. The van der Waals surface area contributed by atoms with Crippen LogP contribution in [0.3, 0.4) is 0 Å². The third-order valence-corrected chi connectivity index (χ3v) is 4.20. The predicted molar refractivity (Wildman–Crippen MR) is 98.5 cm³/mol. The highest BCUT2D eigenvalue weighted by Gasteiger charge is 2.21. The maximum Gasteiger partial charge on any atom is 0.253 e. The van der Waals surface area contributed by atoms with Crippen molar-refractivity contribution in [1.29, 1.82) is 0 Å². The number of pyridine rings is 1. The number of aromatic nitrogens is 4. The molecule has 0 aliphatic rings. The Morgan fingerprint density at radius 2 is 1.85 bits per heavy atom. The maximum atomic E-state index is 12.8. The lowest BCUT2D eigenvalue weighted by atomic mass is 10.1. The van der Waals surface area contributed by atoms with Gasteiger partial charge in [-0.05, 0) is 37.3 Å². The molecule has 0 bridgehead atoms. The lowest BCUT2D eigenvalue weighted by Gasteiger charge is -2.19. The summed E-state index contributed by atoms with van der Waals surface area (Å²) in [6.07, 6.45) is 2.91. The van der Waals surface area contributed by atoms with Gasteiger partial charge in [0.15, 0.2) is 6.17 Å². The van der Waals surface area contributed by atoms with Gasteiger partial charge in [0.25, 0.3) is 5.91 Å². The van der Waals surface area contributed by atoms with Crippen LogP contribution in [0, 0.1) is 6.92 Å². The molecule has 1 atom stereocenters. The van der Waals surface area contributed by atoms with Crippen LogP contribution in [-0.4, -0.2) is 25.9 Å². The molecular formula is C20H17N5O.